The zero-order valence-electron chi connectivity index (χ0n) is 14.5. The first-order chi connectivity index (χ1) is 12.7. The number of carboxylic acid groups (broad SMARTS) is 1. The van der Waals surface area contributed by atoms with Crippen molar-refractivity contribution in [1.29, 1.82) is 0 Å². The first-order valence-electron chi connectivity index (χ1n) is 8.51. The second-order valence-corrected chi connectivity index (χ2v) is 7.20. The van der Waals surface area contributed by atoms with Crippen LogP contribution in [0, 0.1) is 0 Å². The lowest BCUT2D eigenvalue weighted by Gasteiger charge is -2.10. The summed E-state index contributed by atoms with van der Waals surface area (Å²) in [5.41, 5.74) is 4.34. The number of nitrogens with zero attached hydrogens (tertiary/aromatic N) is 1. The largest absolute Gasteiger partial charge is 0.481 e. The van der Waals surface area contributed by atoms with Crippen LogP contribution in [0.1, 0.15) is 11.1 Å². The smallest absolute Gasteiger partial charge is 0.307 e. The molecule has 4 heteroatoms. The van der Waals surface area contributed by atoms with E-state index in [1.165, 1.54) is 21.9 Å². The van der Waals surface area contributed by atoms with Crippen molar-refractivity contribution in [3.05, 3.63) is 77.9 Å². The van der Waals surface area contributed by atoms with Crippen LogP contribution < -0.4 is 0 Å². The molecule has 0 aliphatic heterocycles. The molecule has 0 radical (unpaired) electrons. The van der Waals surface area contributed by atoms with Gasteiger partial charge in [-0.2, -0.15) is 0 Å². The van der Waals surface area contributed by atoms with Crippen LogP contribution in [-0.4, -0.2) is 21.9 Å². The Bertz CT molecular complexity index is 1100. The number of benzene rings is 3. The van der Waals surface area contributed by atoms with Crippen LogP contribution >= 0.6 is 11.8 Å². The van der Waals surface area contributed by atoms with Gasteiger partial charge in [0.15, 0.2) is 0 Å². The molecule has 1 aromatic heterocycles. The van der Waals surface area contributed by atoms with Crippen molar-refractivity contribution in [2.24, 2.45) is 0 Å². The summed E-state index contributed by atoms with van der Waals surface area (Å²) < 4.78 is 2.30. The predicted octanol–water partition coefficient (Wildman–Crippen LogP) is 5.19. The van der Waals surface area contributed by atoms with E-state index in [1.54, 1.807) is 11.8 Å². The van der Waals surface area contributed by atoms with Crippen LogP contribution in [0.2, 0.25) is 0 Å². The average Bonchev–Trinajstić information content (AvgIpc) is 2.95. The molecule has 130 valence electrons. The number of fused-ring (bicyclic) bond motifs is 3. The number of carboxylic acids is 1. The van der Waals surface area contributed by atoms with Crippen LogP contribution in [0.5, 0.6) is 0 Å². The van der Waals surface area contributed by atoms with E-state index in [0.717, 1.165) is 22.5 Å². The third-order valence-corrected chi connectivity index (χ3v) is 5.42. The molecule has 26 heavy (non-hydrogen) atoms. The Hall–Kier alpha value is -2.72. The Labute approximate surface area is 156 Å². The van der Waals surface area contributed by atoms with Crippen molar-refractivity contribution in [3.8, 4) is 0 Å². The normalized spacial score (nSPS) is 11.3. The maximum atomic E-state index is 11.2. The first kappa shape index (κ1) is 16.7. The SMILES string of the molecule is CSc1cc(CC(=O)O)cc2c1c1ccccc1n2Cc1ccccc1. The van der Waals surface area contributed by atoms with Crippen molar-refractivity contribution in [1.82, 2.24) is 4.57 Å². The van der Waals surface area contributed by atoms with Crippen molar-refractivity contribution >= 4 is 39.5 Å². The minimum atomic E-state index is -0.804. The standard InChI is InChI=1S/C22H19NO2S/c1-26-20-12-16(13-21(24)25)11-19-22(20)17-9-5-6-10-18(17)23(19)14-15-7-3-2-4-8-15/h2-12H,13-14H2,1H3,(H,24,25). The molecule has 0 spiro atoms. The summed E-state index contributed by atoms with van der Waals surface area (Å²) in [6.07, 6.45) is 2.08. The van der Waals surface area contributed by atoms with Gasteiger partial charge in [-0.15, -0.1) is 11.8 Å². The van der Waals surface area contributed by atoms with E-state index in [2.05, 4.69) is 41.0 Å². The summed E-state index contributed by atoms with van der Waals surface area (Å²) in [4.78, 5) is 12.4. The third-order valence-electron chi connectivity index (χ3n) is 4.65. The number of para-hydroxylation sites is 1. The van der Waals surface area contributed by atoms with E-state index in [-0.39, 0.29) is 6.42 Å². The van der Waals surface area contributed by atoms with Crippen LogP contribution in [0.4, 0.5) is 0 Å². The number of thioether (sulfide) groups is 1. The lowest BCUT2D eigenvalue weighted by Crippen LogP contribution is -2.02. The fourth-order valence-corrected chi connectivity index (χ4v) is 4.25. The molecule has 1 heterocycles. The zero-order chi connectivity index (χ0) is 18.1. The quantitative estimate of drug-likeness (QED) is 0.497. The fraction of sp³-hybridized carbons (Fsp3) is 0.136. The maximum absolute atomic E-state index is 11.2. The molecule has 0 aliphatic rings. The Morgan fingerprint density at radius 2 is 1.69 bits per heavy atom. The highest BCUT2D eigenvalue weighted by atomic mass is 32.2. The topological polar surface area (TPSA) is 42.2 Å². The molecular formula is C22H19NO2S. The van der Waals surface area contributed by atoms with E-state index in [9.17, 15) is 9.90 Å². The highest BCUT2D eigenvalue weighted by Gasteiger charge is 2.16. The molecule has 0 atom stereocenters. The predicted molar refractivity (Wildman–Crippen MR) is 108 cm³/mol. The second kappa shape index (κ2) is 6.89. The highest BCUT2D eigenvalue weighted by Crippen LogP contribution is 2.37. The summed E-state index contributed by atoms with van der Waals surface area (Å²) in [5, 5.41) is 11.7. The van der Waals surface area contributed by atoms with Gasteiger partial charge < -0.3 is 9.67 Å². The molecule has 3 aromatic carbocycles. The van der Waals surface area contributed by atoms with Crippen molar-refractivity contribution in [2.45, 2.75) is 17.9 Å². The van der Waals surface area contributed by atoms with Crippen LogP contribution in [-0.2, 0) is 17.8 Å². The molecular weight excluding hydrogens is 342 g/mol. The van der Waals surface area contributed by atoms with Gasteiger partial charge in [0.25, 0.3) is 0 Å². The molecule has 0 unspecified atom stereocenters. The third kappa shape index (κ3) is 2.97. The van der Waals surface area contributed by atoms with Gasteiger partial charge in [0.05, 0.1) is 11.9 Å². The summed E-state index contributed by atoms with van der Waals surface area (Å²) in [6.45, 7) is 0.759. The van der Waals surface area contributed by atoms with Gasteiger partial charge in [-0.05, 0) is 35.6 Å². The van der Waals surface area contributed by atoms with Gasteiger partial charge in [0.2, 0.25) is 0 Å². The van der Waals surface area contributed by atoms with Gasteiger partial charge in [0.1, 0.15) is 0 Å². The van der Waals surface area contributed by atoms with Gasteiger partial charge in [-0.3, -0.25) is 4.79 Å². The highest BCUT2D eigenvalue weighted by molar-refractivity contribution is 7.98. The van der Waals surface area contributed by atoms with E-state index in [1.807, 2.05) is 36.6 Å². The summed E-state index contributed by atoms with van der Waals surface area (Å²) >= 11 is 1.67. The number of carbonyl (C=O) groups is 1. The molecule has 3 nitrogen and oxygen atoms in total. The molecule has 0 saturated heterocycles. The van der Waals surface area contributed by atoms with Gasteiger partial charge in [-0.1, -0.05) is 48.5 Å². The molecule has 0 bridgehead atoms. The minimum Gasteiger partial charge on any atom is -0.481 e. The summed E-state index contributed by atoms with van der Waals surface area (Å²) in [7, 11) is 0. The number of hydrogen-bond acceptors (Lipinski definition) is 2. The van der Waals surface area contributed by atoms with Gasteiger partial charge in [-0.25, -0.2) is 0 Å². The number of aromatic nitrogens is 1. The lowest BCUT2D eigenvalue weighted by atomic mass is 10.1. The Balaban J connectivity index is 2.02. The second-order valence-electron chi connectivity index (χ2n) is 6.35. The molecule has 0 fully saturated rings. The number of hydrogen-bond donors (Lipinski definition) is 1. The molecule has 4 rings (SSSR count). The van der Waals surface area contributed by atoms with E-state index < -0.39 is 5.97 Å². The van der Waals surface area contributed by atoms with Gasteiger partial charge in [0, 0.05) is 27.7 Å². The average molecular weight is 361 g/mol. The van der Waals surface area contributed by atoms with Crippen LogP contribution in [0.3, 0.4) is 0 Å². The Kier molecular flexibility index (Phi) is 4.43. The van der Waals surface area contributed by atoms with E-state index in [4.69, 9.17) is 0 Å². The van der Waals surface area contributed by atoms with E-state index in [0.29, 0.717) is 0 Å². The molecule has 4 aromatic rings. The lowest BCUT2D eigenvalue weighted by molar-refractivity contribution is -0.136. The van der Waals surface area contributed by atoms with E-state index >= 15 is 0 Å². The molecule has 0 saturated carbocycles. The Morgan fingerprint density at radius 3 is 2.42 bits per heavy atom. The van der Waals surface area contributed by atoms with Crippen LogP contribution in [0.25, 0.3) is 21.8 Å². The Morgan fingerprint density at radius 1 is 0.962 bits per heavy atom. The molecule has 0 amide bonds. The molecule has 1 N–H and O–H groups in total. The monoisotopic (exact) mass is 361 g/mol. The van der Waals surface area contributed by atoms with Crippen LogP contribution in [0.15, 0.2) is 71.6 Å². The van der Waals surface area contributed by atoms with Crippen molar-refractivity contribution in [2.75, 3.05) is 6.26 Å². The first-order valence-corrected chi connectivity index (χ1v) is 9.73. The number of aliphatic carboxylic acids is 1. The minimum absolute atomic E-state index is 0.0381. The summed E-state index contributed by atoms with van der Waals surface area (Å²) in [6, 6.07) is 22.8. The molecule has 0 aliphatic carbocycles. The summed E-state index contributed by atoms with van der Waals surface area (Å²) in [5.74, 6) is -0.804. The number of rotatable bonds is 5. The zero-order valence-corrected chi connectivity index (χ0v) is 15.3. The fourth-order valence-electron chi connectivity index (χ4n) is 3.56. The van der Waals surface area contributed by atoms with Crippen molar-refractivity contribution in [3.63, 3.8) is 0 Å². The maximum Gasteiger partial charge on any atom is 0.307 e. The van der Waals surface area contributed by atoms with Crippen molar-refractivity contribution < 1.29 is 9.90 Å². The van der Waals surface area contributed by atoms with Gasteiger partial charge >= 0.3 is 5.97 Å².